The molecule has 0 spiro atoms. The van der Waals surface area contributed by atoms with Crippen molar-refractivity contribution in [3.63, 3.8) is 0 Å². The van der Waals surface area contributed by atoms with E-state index in [0.717, 1.165) is 18.4 Å². The van der Waals surface area contributed by atoms with Crippen molar-refractivity contribution in [1.82, 2.24) is 24.3 Å². The summed E-state index contributed by atoms with van der Waals surface area (Å²) < 4.78 is 33.7. The van der Waals surface area contributed by atoms with Gasteiger partial charge >= 0.3 is 0 Å². The standard InChI is InChI=1S/C27H31N7O4S/c1-17-12-19-13-23(30-17)21-15-28-33(3)26(21)38-10-9-37-18(2)16-34-24-14-20(39(36)11-5-4-8-29-39)6-7-22(24)31-27(34)32-25(19)35/h6-7,12-15,18H,4-5,8-11,16H2,1-3H3,(H,31,32,35)/t18-,39?/m0/s1. The molecule has 6 rings (SSSR count). The summed E-state index contributed by atoms with van der Waals surface area (Å²) in [4.78, 5) is 23.6. The number of imidazole rings is 1. The molecule has 1 amide bonds. The number of amides is 1. The molecule has 0 fully saturated rings. The minimum absolute atomic E-state index is 0.223. The van der Waals surface area contributed by atoms with Crippen molar-refractivity contribution in [2.24, 2.45) is 11.4 Å². The number of pyridine rings is 1. The second-order valence-corrected chi connectivity index (χ2v) is 12.4. The van der Waals surface area contributed by atoms with E-state index < -0.39 is 9.73 Å². The molecule has 1 N–H and O–H groups in total. The first-order chi connectivity index (χ1) is 18.8. The summed E-state index contributed by atoms with van der Waals surface area (Å²) in [6, 6.07) is 9.06. The zero-order valence-electron chi connectivity index (χ0n) is 22.2. The third kappa shape index (κ3) is 4.89. The Balaban J connectivity index is 1.45. The maximum atomic E-state index is 13.6. The van der Waals surface area contributed by atoms with Gasteiger partial charge in [0.15, 0.2) is 0 Å². The molecule has 1 aromatic carbocycles. The molecule has 1 unspecified atom stereocenters. The second-order valence-electron chi connectivity index (χ2n) is 9.95. The second kappa shape index (κ2) is 10.1. The number of rotatable bonds is 1. The van der Waals surface area contributed by atoms with Crippen molar-refractivity contribution in [2.75, 3.05) is 30.8 Å². The van der Waals surface area contributed by atoms with Gasteiger partial charge in [0.25, 0.3) is 5.91 Å². The van der Waals surface area contributed by atoms with Gasteiger partial charge < -0.3 is 14.0 Å². The first kappa shape index (κ1) is 25.5. The quantitative estimate of drug-likeness (QED) is 0.383. The Bertz CT molecular complexity index is 1700. The number of fused-ring (bicyclic) bond motifs is 7. The Kier molecular flexibility index (Phi) is 6.59. The van der Waals surface area contributed by atoms with Crippen LogP contribution >= 0.6 is 0 Å². The lowest BCUT2D eigenvalue weighted by Crippen LogP contribution is -2.22. The Morgan fingerprint density at radius 1 is 1.13 bits per heavy atom. The average molecular weight is 550 g/mol. The number of carbonyl (C=O) groups is 1. The number of hydrogen-bond acceptors (Lipinski definition) is 8. The van der Waals surface area contributed by atoms with Crippen molar-refractivity contribution >= 4 is 32.6 Å². The predicted octanol–water partition coefficient (Wildman–Crippen LogP) is 3.81. The van der Waals surface area contributed by atoms with Gasteiger partial charge in [0.2, 0.25) is 11.8 Å². The molecule has 0 saturated carbocycles. The van der Waals surface area contributed by atoms with E-state index in [4.69, 9.17) is 14.5 Å². The van der Waals surface area contributed by atoms with Crippen LogP contribution in [0.5, 0.6) is 5.88 Å². The van der Waals surface area contributed by atoms with Gasteiger partial charge in [0, 0.05) is 35.5 Å². The lowest BCUT2D eigenvalue weighted by molar-refractivity contribution is 0.0344. The van der Waals surface area contributed by atoms with Gasteiger partial charge in [0.1, 0.15) is 6.61 Å². The van der Waals surface area contributed by atoms with Crippen LogP contribution in [0.4, 0.5) is 5.95 Å². The summed E-state index contributed by atoms with van der Waals surface area (Å²) in [7, 11) is -0.674. The molecular formula is C27H31N7O4S. The van der Waals surface area contributed by atoms with Crippen LogP contribution in [0.3, 0.4) is 0 Å². The molecular weight excluding hydrogens is 518 g/mol. The number of carbonyl (C=O) groups excluding carboxylic acids is 1. The Morgan fingerprint density at radius 3 is 2.82 bits per heavy atom. The molecule has 2 atom stereocenters. The number of aromatic nitrogens is 5. The van der Waals surface area contributed by atoms with E-state index in [1.807, 2.05) is 36.6 Å². The fourth-order valence-corrected chi connectivity index (χ4v) is 7.15. The molecule has 2 aliphatic heterocycles. The molecule has 0 radical (unpaired) electrons. The minimum Gasteiger partial charge on any atom is -0.475 e. The van der Waals surface area contributed by atoms with Gasteiger partial charge in [-0.15, -0.1) is 0 Å². The van der Waals surface area contributed by atoms with Gasteiger partial charge in [-0.3, -0.25) is 15.1 Å². The van der Waals surface area contributed by atoms with Crippen LogP contribution in [0.2, 0.25) is 0 Å². The van der Waals surface area contributed by atoms with E-state index in [9.17, 15) is 9.00 Å². The normalized spacial score (nSPS) is 22.0. The van der Waals surface area contributed by atoms with E-state index in [-0.39, 0.29) is 12.0 Å². The highest BCUT2D eigenvalue weighted by atomic mass is 32.2. The Labute approximate surface area is 226 Å². The number of hydrogen-bond donors (Lipinski definition) is 1. The van der Waals surface area contributed by atoms with Crippen molar-refractivity contribution in [3.05, 3.63) is 47.8 Å². The van der Waals surface area contributed by atoms with Crippen LogP contribution in [0.15, 0.2) is 45.8 Å². The van der Waals surface area contributed by atoms with E-state index in [2.05, 4.69) is 19.8 Å². The third-order valence-electron chi connectivity index (χ3n) is 6.98. The van der Waals surface area contributed by atoms with Gasteiger partial charge in [0.05, 0.1) is 57.5 Å². The number of ether oxygens (including phenoxy) is 2. The lowest BCUT2D eigenvalue weighted by atomic mass is 10.1. The van der Waals surface area contributed by atoms with Gasteiger partial charge in [-0.1, -0.05) is 0 Å². The molecule has 12 heteroatoms. The fourth-order valence-electron chi connectivity index (χ4n) is 5.04. The van der Waals surface area contributed by atoms with Gasteiger partial charge in [-0.05, 0) is 57.0 Å². The maximum Gasteiger partial charge on any atom is 0.258 e. The van der Waals surface area contributed by atoms with Crippen molar-refractivity contribution in [2.45, 2.75) is 44.2 Å². The van der Waals surface area contributed by atoms with Gasteiger partial charge in [-0.25, -0.2) is 18.2 Å². The first-order valence-corrected chi connectivity index (χ1v) is 14.8. The molecule has 39 heavy (non-hydrogen) atoms. The molecule has 0 saturated heterocycles. The van der Waals surface area contributed by atoms with Crippen molar-refractivity contribution in [3.8, 4) is 17.1 Å². The van der Waals surface area contributed by atoms with Crippen LogP contribution in [0.1, 0.15) is 35.8 Å². The number of nitrogens with one attached hydrogen (secondary N) is 1. The molecule has 5 heterocycles. The number of benzene rings is 1. The topological polar surface area (TPSA) is 126 Å². The highest BCUT2D eigenvalue weighted by Gasteiger charge is 2.23. The third-order valence-corrected chi connectivity index (χ3v) is 9.41. The van der Waals surface area contributed by atoms with E-state index in [1.54, 1.807) is 30.1 Å². The van der Waals surface area contributed by atoms with E-state index in [0.29, 0.717) is 76.8 Å². The highest BCUT2D eigenvalue weighted by molar-refractivity contribution is 7.93. The Hall–Kier alpha value is -3.77. The zero-order chi connectivity index (χ0) is 27.1. The zero-order valence-corrected chi connectivity index (χ0v) is 23.0. The molecule has 3 aromatic heterocycles. The highest BCUT2D eigenvalue weighted by Crippen LogP contribution is 2.31. The van der Waals surface area contributed by atoms with Crippen LogP contribution < -0.4 is 10.1 Å². The summed E-state index contributed by atoms with van der Waals surface area (Å²) in [5.41, 5.74) is 3.87. The Morgan fingerprint density at radius 2 is 2.00 bits per heavy atom. The average Bonchev–Trinajstić information content (AvgIpc) is 3.45. The molecule has 0 aliphatic carbocycles. The van der Waals surface area contributed by atoms with Crippen molar-refractivity contribution in [1.29, 1.82) is 0 Å². The van der Waals surface area contributed by atoms with E-state index in [1.165, 1.54) is 0 Å². The van der Waals surface area contributed by atoms with Crippen molar-refractivity contribution < 1.29 is 18.5 Å². The summed E-state index contributed by atoms with van der Waals surface area (Å²) >= 11 is 0. The summed E-state index contributed by atoms with van der Waals surface area (Å²) in [6.45, 7) is 5.50. The maximum absolute atomic E-state index is 13.6. The molecule has 2 bridgehead atoms. The summed E-state index contributed by atoms with van der Waals surface area (Å²) in [5, 5.41) is 7.32. The van der Waals surface area contributed by atoms with Gasteiger partial charge in [-0.2, -0.15) is 5.10 Å². The monoisotopic (exact) mass is 549 g/mol. The fraction of sp³-hybridized carbons (Fsp3) is 0.407. The largest absolute Gasteiger partial charge is 0.475 e. The van der Waals surface area contributed by atoms with Crippen LogP contribution in [0, 0.1) is 6.92 Å². The smallest absolute Gasteiger partial charge is 0.258 e. The van der Waals surface area contributed by atoms with Crippen LogP contribution in [0.25, 0.3) is 22.3 Å². The minimum atomic E-state index is -2.47. The molecule has 4 aromatic rings. The number of anilines is 1. The lowest BCUT2D eigenvalue weighted by Gasteiger charge is -2.18. The first-order valence-electron chi connectivity index (χ1n) is 13.1. The number of nitrogens with zero attached hydrogens (tertiary/aromatic N) is 6. The number of aryl methyl sites for hydroxylation is 2. The molecule has 204 valence electrons. The SMILES string of the molecule is Cc1cc2cc(n1)-c1cnn(C)c1OCCO[C@@H](C)Cn1c(nc3ccc(S4(=O)=NCCCC4)cc31)NC2=O. The van der Waals surface area contributed by atoms with Crippen LogP contribution in [-0.2, 0) is 28.1 Å². The predicted molar refractivity (Wildman–Crippen MR) is 148 cm³/mol. The summed E-state index contributed by atoms with van der Waals surface area (Å²) in [6.07, 6.45) is 3.31. The molecule has 2 aliphatic rings. The summed E-state index contributed by atoms with van der Waals surface area (Å²) in [5.74, 6) is 1.18. The van der Waals surface area contributed by atoms with Crippen LogP contribution in [-0.4, -0.2) is 66.0 Å². The van der Waals surface area contributed by atoms with E-state index >= 15 is 0 Å². The molecule has 11 nitrogen and oxygen atoms in total.